The van der Waals surface area contributed by atoms with Crippen molar-refractivity contribution in [1.29, 1.82) is 0 Å². The number of hydrazine groups is 1. The Balaban J connectivity index is 1.59. The molecule has 10 heteroatoms. The number of rotatable bonds is 3. The highest BCUT2D eigenvalue weighted by Gasteiger charge is 2.18. The molecule has 1 fully saturated rings. The van der Waals surface area contributed by atoms with E-state index in [1.165, 1.54) is 23.5 Å². The van der Waals surface area contributed by atoms with Crippen LogP contribution in [0.3, 0.4) is 0 Å². The zero-order chi connectivity index (χ0) is 17.8. The third-order valence-electron chi connectivity index (χ3n) is 3.47. The van der Waals surface area contributed by atoms with Crippen LogP contribution in [0.25, 0.3) is 0 Å². The molecule has 0 atom stereocenters. The van der Waals surface area contributed by atoms with Crippen molar-refractivity contribution >= 4 is 44.2 Å². The molecular formula is C15H14BrFN4O3S. The molecule has 0 spiro atoms. The molecule has 2 aromatic rings. The van der Waals surface area contributed by atoms with E-state index in [0.29, 0.717) is 17.7 Å². The van der Waals surface area contributed by atoms with Crippen molar-refractivity contribution in [3.63, 3.8) is 0 Å². The summed E-state index contributed by atoms with van der Waals surface area (Å²) in [6.45, 7) is 2.71. The molecule has 2 amide bonds. The Morgan fingerprint density at radius 2 is 1.96 bits per heavy atom. The number of nitrogens with zero attached hydrogens (tertiary/aromatic N) is 2. The van der Waals surface area contributed by atoms with Crippen molar-refractivity contribution in [2.45, 2.75) is 0 Å². The topological polar surface area (TPSA) is 83.6 Å². The molecule has 0 aliphatic carbocycles. The number of thiazole rings is 1. The molecule has 0 bridgehead atoms. The highest BCUT2D eigenvalue weighted by atomic mass is 79.9. The van der Waals surface area contributed by atoms with Gasteiger partial charge in [-0.05, 0) is 34.1 Å². The van der Waals surface area contributed by atoms with Gasteiger partial charge in [0.15, 0.2) is 5.13 Å². The number of nitrogens with one attached hydrogen (secondary N) is 2. The molecule has 0 unspecified atom stereocenters. The Morgan fingerprint density at radius 1 is 1.24 bits per heavy atom. The molecule has 7 nitrogen and oxygen atoms in total. The Morgan fingerprint density at radius 3 is 2.68 bits per heavy atom. The van der Waals surface area contributed by atoms with E-state index < -0.39 is 17.6 Å². The van der Waals surface area contributed by atoms with Gasteiger partial charge in [-0.1, -0.05) is 0 Å². The standard InChI is InChI=1S/C15H14BrFN4O3S/c16-11-7-9(17)1-2-10(11)13(22)19-20-14(23)12-8-25-15(18-12)21-3-5-24-6-4-21/h1-2,7-8H,3-6H2,(H,19,22)(H,20,23). The fourth-order valence-electron chi connectivity index (χ4n) is 2.19. The highest BCUT2D eigenvalue weighted by Crippen LogP contribution is 2.21. The molecule has 0 radical (unpaired) electrons. The third kappa shape index (κ3) is 4.33. The van der Waals surface area contributed by atoms with E-state index in [2.05, 4.69) is 31.8 Å². The van der Waals surface area contributed by atoms with E-state index in [4.69, 9.17) is 4.74 Å². The van der Waals surface area contributed by atoms with E-state index in [9.17, 15) is 14.0 Å². The van der Waals surface area contributed by atoms with Crippen LogP contribution in [-0.4, -0.2) is 43.1 Å². The number of amides is 2. The summed E-state index contributed by atoms with van der Waals surface area (Å²) >= 11 is 4.46. The van der Waals surface area contributed by atoms with Crippen LogP contribution in [0.1, 0.15) is 20.8 Å². The number of benzene rings is 1. The molecule has 1 aromatic carbocycles. The molecule has 1 aliphatic rings. The molecule has 2 N–H and O–H groups in total. The van der Waals surface area contributed by atoms with E-state index in [-0.39, 0.29) is 11.3 Å². The summed E-state index contributed by atoms with van der Waals surface area (Å²) in [7, 11) is 0. The molecule has 1 aliphatic heterocycles. The summed E-state index contributed by atoms with van der Waals surface area (Å²) in [4.78, 5) is 30.5. The average molecular weight is 429 g/mol. The molecule has 132 valence electrons. The van der Waals surface area contributed by atoms with Crippen LogP contribution in [0, 0.1) is 5.82 Å². The summed E-state index contributed by atoms with van der Waals surface area (Å²) in [5, 5.41) is 2.36. The van der Waals surface area contributed by atoms with Crippen LogP contribution < -0.4 is 15.8 Å². The smallest absolute Gasteiger partial charge is 0.289 e. The van der Waals surface area contributed by atoms with E-state index in [1.54, 1.807) is 5.38 Å². The van der Waals surface area contributed by atoms with Crippen LogP contribution in [0.15, 0.2) is 28.1 Å². The maximum atomic E-state index is 13.1. The van der Waals surface area contributed by atoms with E-state index >= 15 is 0 Å². The number of carbonyl (C=O) groups is 2. The summed E-state index contributed by atoms with van der Waals surface area (Å²) < 4.78 is 18.6. The van der Waals surface area contributed by atoms with Gasteiger partial charge in [-0.2, -0.15) is 0 Å². The minimum absolute atomic E-state index is 0.203. The summed E-state index contributed by atoms with van der Waals surface area (Å²) in [5.74, 6) is -1.56. The van der Waals surface area contributed by atoms with Gasteiger partial charge in [-0.25, -0.2) is 9.37 Å². The number of anilines is 1. The van der Waals surface area contributed by atoms with Crippen molar-refractivity contribution < 1.29 is 18.7 Å². The maximum absolute atomic E-state index is 13.1. The number of hydrogen-bond acceptors (Lipinski definition) is 6. The van der Waals surface area contributed by atoms with Gasteiger partial charge in [0.05, 0.1) is 18.8 Å². The van der Waals surface area contributed by atoms with Gasteiger partial charge in [0.2, 0.25) is 0 Å². The molecule has 3 rings (SSSR count). The SMILES string of the molecule is O=C(NNC(=O)c1ccc(F)cc1Br)c1csc(N2CCOCC2)n1. The lowest BCUT2D eigenvalue weighted by Gasteiger charge is -2.25. The van der Waals surface area contributed by atoms with Crippen molar-refractivity contribution in [2.24, 2.45) is 0 Å². The minimum Gasteiger partial charge on any atom is -0.378 e. The second kappa shape index (κ2) is 7.89. The van der Waals surface area contributed by atoms with Crippen LogP contribution >= 0.6 is 27.3 Å². The zero-order valence-electron chi connectivity index (χ0n) is 12.9. The van der Waals surface area contributed by atoms with Gasteiger partial charge in [-0.3, -0.25) is 20.4 Å². The van der Waals surface area contributed by atoms with Crippen LogP contribution in [0.4, 0.5) is 9.52 Å². The van der Waals surface area contributed by atoms with Crippen molar-refractivity contribution in [3.8, 4) is 0 Å². The largest absolute Gasteiger partial charge is 0.378 e. The first kappa shape index (κ1) is 17.8. The van der Waals surface area contributed by atoms with Gasteiger partial charge in [-0.15, -0.1) is 11.3 Å². The first-order valence-corrected chi connectivity index (χ1v) is 9.06. The summed E-state index contributed by atoms with van der Waals surface area (Å²) in [6.07, 6.45) is 0. The number of halogens is 2. The van der Waals surface area contributed by atoms with E-state index in [0.717, 1.165) is 24.3 Å². The number of carbonyl (C=O) groups excluding carboxylic acids is 2. The van der Waals surface area contributed by atoms with Crippen LogP contribution in [0.2, 0.25) is 0 Å². The molecule has 25 heavy (non-hydrogen) atoms. The third-order valence-corrected chi connectivity index (χ3v) is 5.03. The lowest BCUT2D eigenvalue weighted by molar-refractivity contribution is 0.0844. The lowest BCUT2D eigenvalue weighted by atomic mass is 10.2. The number of morpholine rings is 1. The quantitative estimate of drug-likeness (QED) is 0.729. The van der Waals surface area contributed by atoms with Crippen molar-refractivity contribution in [1.82, 2.24) is 15.8 Å². The second-order valence-electron chi connectivity index (χ2n) is 5.15. The summed E-state index contributed by atoms with van der Waals surface area (Å²) in [6, 6.07) is 3.66. The van der Waals surface area contributed by atoms with Crippen LogP contribution in [0.5, 0.6) is 0 Å². The average Bonchev–Trinajstić information content (AvgIpc) is 3.10. The Bertz CT molecular complexity index is 795. The van der Waals surface area contributed by atoms with Crippen molar-refractivity contribution in [2.75, 3.05) is 31.2 Å². The van der Waals surface area contributed by atoms with Gasteiger partial charge >= 0.3 is 0 Å². The van der Waals surface area contributed by atoms with Gasteiger partial charge in [0.25, 0.3) is 11.8 Å². The molecule has 0 saturated carbocycles. The number of ether oxygens (including phenoxy) is 1. The predicted molar refractivity (Wildman–Crippen MR) is 94.2 cm³/mol. The lowest BCUT2D eigenvalue weighted by Crippen LogP contribution is -2.42. The Hall–Kier alpha value is -2.04. The maximum Gasteiger partial charge on any atom is 0.289 e. The second-order valence-corrected chi connectivity index (χ2v) is 6.84. The fraction of sp³-hybridized carbons (Fsp3) is 0.267. The normalized spacial score (nSPS) is 14.2. The van der Waals surface area contributed by atoms with Crippen LogP contribution in [-0.2, 0) is 4.74 Å². The van der Waals surface area contributed by atoms with Gasteiger partial charge < -0.3 is 9.64 Å². The predicted octanol–water partition coefficient (Wildman–Crippen LogP) is 1.96. The Labute approximate surface area is 155 Å². The first-order chi connectivity index (χ1) is 12.0. The van der Waals surface area contributed by atoms with Gasteiger partial charge in [0, 0.05) is 22.9 Å². The number of aromatic nitrogens is 1. The fourth-order valence-corrected chi connectivity index (χ4v) is 3.58. The minimum atomic E-state index is -0.566. The number of hydrogen-bond donors (Lipinski definition) is 2. The van der Waals surface area contributed by atoms with E-state index in [1.807, 2.05) is 4.90 Å². The zero-order valence-corrected chi connectivity index (χ0v) is 15.3. The van der Waals surface area contributed by atoms with Crippen molar-refractivity contribution in [3.05, 3.63) is 45.1 Å². The highest BCUT2D eigenvalue weighted by molar-refractivity contribution is 9.10. The first-order valence-electron chi connectivity index (χ1n) is 7.38. The van der Waals surface area contributed by atoms with Gasteiger partial charge in [0.1, 0.15) is 11.5 Å². The molecule has 1 saturated heterocycles. The Kier molecular flexibility index (Phi) is 5.61. The molecular weight excluding hydrogens is 415 g/mol. The monoisotopic (exact) mass is 428 g/mol. The summed E-state index contributed by atoms with van der Waals surface area (Å²) in [5.41, 5.74) is 5.01. The molecule has 1 aromatic heterocycles. The molecule has 2 heterocycles.